The summed E-state index contributed by atoms with van der Waals surface area (Å²) >= 11 is 0. The van der Waals surface area contributed by atoms with Crippen LogP contribution in [-0.4, -0.2) is 22.2 Å². The minimum absolute atomic E-state index is 0.287. The predicted octanol–water partition coefficient (Wildman–Crippen LogP) is 1.99. The van der Waals surface area contributed by atoms with Crippen LogP contribution >= 0.6 is 0 Å². The van der Waals surface area contributed by atoms with Gasteiger partial charge in [0.1, 0.15) is 0 Å². The van der Waals surface area contributed by atoms with Gasteiger partial charge < -0.3 is 10.2 Å². The van der Waals surface area contributed by atoms with Crippen molar-refractivity contribution in [2.45, 2.75) is 39.0 Å². The number of carbonyl (C=O) groups is 2. The lowest BCUT2D eigenvalue weighted by Gasteiger charge is -2.46. The zero-order chi connectivity index (χ0) is 11.9. The van der Waals surface area contributed by atoms with Crippen molar-refractivity contribution in [2.24, 2.45) is 23.2 Å². The molecule has 0 saturated heterocycles. The molecular weight excluding hydrogens is 208 g/mol. The molecule has 4 heteroatoms. The van der Waals surface area contributed by atoms with E-state index in [0.717, 1.165) is 6.42 Å². The largest absolute Gasteiger partial charge is 0.481 e. The second kappa shape index (κ2) is 3.75. The highest BCUT2D eigenvalue weighted by molar-refractivity contribution is 5.77. The predicted molar refractivity (Wildman–Crippen MR) is 56.9 cm³/mol. The first-order chi connectivity index (χ1) is 7.43. The van der Waals surface area contributed by atoms with Gasteiger partial charge in [-0.2, -0.15) is 0 Å². The number of carboxylic acid groups (broad SMARTS) is 2. The molecule has 2 saturated carbocycles. The summed E-state index contributed by atoms with van der Waals surface area (Å²) in [5.74, 6) is -1.39. The van der Waals surface area contributed by atoms with E-state index in [-0.39, 0.29) is 5.92 Å². The Balaban J connectivity index is 2.25. The Morgan fingerprint density at radius 1 is 1.12 bits per heavy atom. The molecule has 2 aliphatic rings. The molecule has 2 bridgehead atoms. The fourth-order valence-electron chi connectivity index (χ4n) is 3.79. The normalized spacial score (nSPS) is 42.7. The van der Waals surface area contributed by atoms with E-state index in [2.05, 4.69) is 6.92 Å². The van der Waals surface area contributed by atoms with E-state index in [1.165, 1.54) is 0 Å². The van der Waals surface area contributed by atoms with Gasteiger partial charge in [-0.3, -0.25) is 9.59 Å². The van der Waals surface area contributed by atoms with Crippen molar-refractivity contribution in [3.63, 3.8) is 0 Å². The van der Waals surface area contributed by atoms with Crippen LogP contribution in [0.2, 0.25) is 0 Å². The Kier molecular flexibility index (Phi) is 2.68. The van der Waals surface area contributed by atoms with Crippen LogP contribution in [-0.2, 0) is 9.59 Å². The van der Waals surface area contributed by atoms with Crippen LogP contribution in [0.4, 0.5) is 0 Å². The minimum Gasteiger partial charge on any atom is -0.481 e. The van der Waals surface area contributed by atoms with E-state index < -0.39 is 23.3 Å². The molecule has 0 aromatic heterocycles. The summed E-state index contributed by atoms with van der Waals surface area (Å²) in [5, 5.41) is 18.4. The summed E-state index contributed by atoms with van der Waals surface area (Å²) in [5.41, 5.74) is -0.760. The molecule has 2 aliphatic carbocycles. The number of hydrogen-bond donors (Lipinski definition) is 2. The summed E-state index contributed by atoms with van der Waals surface area (Å²) in [4.78, 5) is 22.4. The van der Waals surface area contributed by atoms with Crippen molar-refractivity contribution >= 4 is 11.9 Å². The van der Waals surface area contributed by atoms with Crippen molar-refractivity contribution in [1.82, 2.24) is 0 Å². The van der Waals surface area contributed by atoms with Crippen molar-refractivity contribution in [3.8, 4) is 0 Å². The number of fused-ring (bicyclic) bond motifs is 2. The maximum Gasteiger partial charge on any atom is 0.309 e. The highest BCUT2D eigenvalue weighted by atomic mass is 16.4. The van der Waals surface area contributed by atoms with Gasteiger partial charge in [0, 0.05) is 0 Å². The zero-order valence-corrected chi connectivity index (χ0v) is 9.48. The fraction of sp³-hybridized carbons (Fsp3) is 0.833. The average Bonchev–Trinajstić information content (AvgIpc) is 2.15. The molecule has 16 heavy (non-hydrogen) atoms. The quantitative estimate of drug-likeness (QED) is 0.755. The molecule has 0 heterocycles. The lowest BCUT2D eigenvalue weighted by molar-refractivity contribution is -0.162. The molecule has 0 spiro atoms. The van der Waals surface area contributed by atoms with E-state index in [1.54, 1.807) is 0 Å². The second-order valence-electron chi connectivity index (χ2n) is 5.68. The van der Waals surface area contributed by atoms with Crippen LogP contribution in [0.25, 0.3) is 0 Å². The third-order valence-electron chi connectivity index (χ3n) is 4.21. The van der Waals surface area contributed by atoms with Gasteiger partial charge in [0.05, 0.1) is 11.3 Å². The van der Waals surface area contributed by atoms with Gasteiger partial charge in [0.2, 0.25) is 0 Å². The molecular formula is C12H18O4. The van der Waals surface area contributed by atoms with Gasteiger partial charge in [-0.1, -0.05) is 6.92 Å². The molecule has 0 aromatic rings. The van der Waals surface area contributed by atoms with Crippen LogP contribution in [0.3, 0.4) is 0 Å². The van der Waals surface area contributed by atoms with Crippen molar-refractivity contribution < 1.29 is 19.8 Å². The molecule has 0 amide bonds. The Hall–Kier alpha value is -1.06. The van der Waals surface area contributed by atoms with Gasteiger partial charge in [0.25, 0.3) is 0 Å². The smallest absolute Gasteiger partial charge is 0.309 e. The molecule has 90 valence electrons. The monoisotopic (exact) mass is 226 g/mol. The molecule has 4 atom stereocenters. The number of carboxylic acids is 2. The van der Waals surface area contributed by atoms with Crippen molar-refractivity contribution in [1.29, 1.82) is 0 Å². The minimum atomic E-state index is -0.829. The SMILES string of the molecule is CC1CC2CC(C(=O)O)CC(C(=O)O)(C1)C2. The van der Waals surface area contributed by atoms with Crippen LogP contribution in [0, 0.1) is 23.2 Å². The van der Waals surface area contributed by atoms with E-state index >= 15 is 0 Å². The van der Waals surface area contributed by atoms with E-state index in [9.17, 15) is 14.7 Å². The van der Waals surface area contributed by atoms with Crippen LogP contribution in [0.1, 0.15) is 39.0 Å². The summed E-state index contributed by atoms with van der Waals surface area (Å²) in [7, 11) is 0. The first kappa shape index (κ1) is 11.4. The lowest BCUT2D eigenvalue weighted by atomic mass is 9.56. The summed E-state index contributed by atoms with van der Waals surface area (Å²) in [6.07, 6.45) is 3.28. The summed E-state index contributed by atoms with van der Waals surface area (Å²) < 4.78 is 0. The number of aliphatic carboxylic acids is 2. The first-order valence-corrected chi connectivity index (χ1v) is 5.89. The van der Waals surface area contributed by atoms with Gasteiger partial charge in [-0.25, -0.2) is 0 Å². The number of hydrogen-bond acceptors (Lipinski definition) is 2. The standard InChI is InChI=1S/C12H18O4/c1-7-2-8-3-9(10(13)14)6-12(4-7,5-8)11(15)16/h7-9H,2-6H2,1H3,(H,13,14)(H,15,16). The van der Waals surface area contributed by atoms with E-state index in [0.29, 0.717) is 31.6 Å². The maximum atomic E-state index is 11.4. The summed E-state index contributed by atoms with van der Waals surface area (Å²) in [6, 6.07) is 0. The lowest BCUT2D eigenvalue weighted by Crippen LogP contribution is -2.46. The Morgan fingerprint density at radius 3 is 2.38 bits per heavy atom. The van der Waals surface area contributed by atoms with Crippen molar-refractivity contribution in [2.75, 3.05) is 0 Å². The Labute approximate surface area is 94.7 Å². The van der Waals surface area contributed by atoms with Gasteiger partial charge in [-0.15, -0.1) is 0 Å². The molecule has 4 nitrogen and oxygen atoms in total. The molecule has 2 rings (SSSR count). The van der Waals surface area contributed by atoms with Gasteiger partial charge in [0.15, 0.2) is 0 Å². The van der Waals surface area contributed by atoms with Crippen LogP contribution in [0.15, 0.2) is 0 Å². The molecule has 0 aromatic carbocycles. The third kappa shape index (κ3) is 1.81. The molecule has 0 aliphatic heterocycles. The molecule has 0 radical (unpaired) electrons. The number of rotatable bonds is 2. The highest BCUT2D eigenvalue weighted by Crippen LogP contribution is 2.52. The Morgan fingerprint density at radius 2 is 1.81 bits per heavy atom. The first-order valence-electron chi connectivity index (χ1n) is 5.89. The summed E-state index contributed by atoms with van der Waals surface area (Å²) in [6.45, 7) is 2.07. The maximum absolute atomic E-state index is 11.4. The second-order valence-corrected chi connectivity index (χ2v) is 5.68. The fourth-order valence-corrected chi connectivity index (χ4v) is 3.79. The topological polar surface area (TPSA) is 74.6 Å². The molecule has 2 N–H and O–H groups in total. The Bertz CT molecular complexity index is 321. The molecule has 4 unspecified atom stereocenters. The third-order valence-corrected chi connectivity index (χ3v) is 4.21. The highest BCUT2D eigenvalue weighted by Gasteiger charge is 2.51. The van der Waals surface area contributed by atoms with Gasteiger partial charge in [-0.05, 0) is 43.9 Å². The zero-order valence-electron chi connectivity index (χ0n) is 9.48. The van der Waals surface area contributed by atoms with Crippen LogP contribution in [0.5, 0.6) is 0 Å². The molecule has 2 fully saturated rings. The average molecular weight is 226 g/mol. The van der Waals surface area contributed by atoms with Gasteiger partial charge >= 0.3 is 11.9 Å². The van der Waals surface area contributed by atoms with E-state index in [4.69, 9.17) is 5.11 Å². The van der Waals surface area contributed by atoms with Crippen LogP contribution < -0.4 is 0 Å². The van der Waals surface area contributed by atoms with Crippen molar-refractivity contribution in [3.05, 3.63) is 0 Å². The van der Waals surface area contributed by atoms with E-state index in [1.807, 2.05) is 0 Å².